The first-order valence-electron chi connectivity index (χ1n) is 5.81. The second kappa shape index (κ2) is 6.88. The third-order valence-electron chi connectivity index (χ3n) is 2.70. The van der Waals surface area contributed by atoms with Crippen molar-refractivity contribution in [3.05, 3.63) is 46.2 Å². The minimum atomic E-state index is -0.201. The van der Waals surface area contributed by atoms with Gasteiger partial charge in [-0.2, -0.15) is 5.10 Å². The average molecular weight is 342 g/mol. The van der Waals surface area contributed by atoms with Crippen LogP contribution in [-0.4, -0.2) is 31.0 Å². The first-order chi connectivity index (χ1) is 9.76. The molecule has 0 aromatic carbocycles. The van der Waals surface area contributed by atoms with Crippen LogP contribution < -0.4 is 5.69 Å². The molecule has 0 aliphatic rings. The summed E-state index contributed by atoms with van der Waals surface area (Å²) in [6, 6.07) is 4.02. The van der Waals surface area contributed by atoms with Crippen LogP contribution >= 0.6 is 35.5 Å². The maximum atomic E-state index is 11.4. The molecule has 0 amide bonds. The summed E-state index contributed by atoms with van der Waals surface area (Å²) in [5.74, 6) is 0. The summed E-state index contributed by atoms with van der Waals surface area (Å²) >= 11 is 3.13. The molecule has 3 aromatic heterocycles. The molecule has 0 bridgehead atoms. The predicted molar refractivity (Wildman–Crippen MR) is 86.3 cm³/mol. The van der Waals surface area contributed by atoms with Gasteiger partial charge in [0, 0.05) is 27.7 Å². The van der Waals surface area contributed by atoms with E-state index in [0.717, 1.165) is 20.5 Å². The normalized spacial score (nSPS) is 10.3. The van der Waals surface area contributed by atoms with Crippen molar-refractivity contribution >= 4 is 35.5 Å². The van der Waals surface area contributed by atoms with E-state index >= 15 is 0 Å². The second-order valence-electron chi connectivity index (χ2n) is 4.01. The maximum Gasteiger partial charge on any atom is 0.343 e. The first kappa shape index (κ1) is 15.7. The number of hydrogen-bond acceptors (Lipinski definition) is 6. The van der Waals surface area contributed by atoms with Gasteiger partial charge in [-0.25, -0.2) is 19.9 Å². The van der Waals surface area contributed by atoms with E-state index in [4.69, 9.17) is 0 Å². The summed E-state index contributed by atoms with van der Waals surface area (Å²) in [4.78, 5) is 22.1. The van der Waals surface area contributed by atoms with Crippen molar-refractivity contribution in [1.82, 2.24) is 24.7 Å². The van der Waals surface area contributed by atoms with Crippen LogP contribution in [0.15, 0.2) is 40.8 Å². The van der Waals surface area contributed by atoms with E-state index in [1.807, 2.05) is 30.8 Å². The minimum absolute atomic E-state index is 0. The van der Waals surface area contributed by atoms with Gasteiger partial charge >= 0.3 is 5.69 Å². The Kier molecular flexibility index (Phi) is 5.16. The average Bonchev–Trinajstić information content (AvgIpc) is 3.10. The molecule has 0 saturated carbocycles. The van der Waals surface area contributed by atoms with Gasteiger partial charge in [0.05, 0.1) is 6.54 Å². The highest BCUT2D eigenvalue weighted by Crippen LogP contribution is 2.27. The van der Waals surface area contributed by atoms with Crippen LogP contribution in [0.5, 0.6) is 0 Å². The fraction of sp³-hybridized carbons (Fsp3) is 0.167. The van der Waals surface area contributed by atoms with Gasteiger partial charge in [0.2, 0.25) is 0 Å². The molecular formula is C12H12ClN5OS2. The zero-order valence-electron chi connectivity index (χ0n) is 11.0. The molecule has 0 spiro atoms. The van der Waals surface area contributed by atoms with E-state index in [9.17, 15) is 4.79 Å². The van der Waals surface area contributed by atoms with Gasteiger partial charge in [-0.15, -0.1) is 23.7 Å². The number of thiophene rings is 1. The molecule has 1 N–H and O–H groups in total. The Bertz CT molecular complexity index is 764. The Balaban J connectivity index is 0.00000161. The molecule has 0 fully saturated rings. The van der Waals surface area contributed by atoms with E-state index in [1.54, 1.807) is 11.3 Å². The maximum absolute atomic E-state index is 11.4. The first-order valence-corrected chi connectivity index (χ1v) is 7.85. The van der Waals surface area contributed by atoms with Crippen LogP contribution in [0.3, 0.4) is 0 Å². The van der Waals surface area contributed by atoms with Crippen LogP contribution in [0.1, 0.15) is 4.88 Å². The third-order valence-corrected chi connectivity index (χ3v) is 4.40. The fourth-order valence-corrected chi connectivity index (χ4v) is 3.02. The zero-order valence-corrected chi connectivity index (χ0v) is 13.5. The van der Waals surface area contributed by atoms with Gasteiger partial charge in [0.15, 0.2) is 5.16 Å². The Morgan fingerprint density at radius 2 is 2.10 bits per heavy atom. The van der Waals surface area contributed by atoms with E-state index in [1.165, 1.54) is 22.7 Å². The standard InChI is InChI=1S/C12H11N5OS2.ClH/c1-19-11-13-4-8(5-14-11)10-3-2-9(20-10)6-17-7-15-16-12(17)18;/h2-5,7H,6H2,1H3,(H,16,18);1H. The summed E-state index contributed by atoms with van der Waals surface area (Å²) in [5, 5.41) is 6.85. The number of nitrogens with zero attached hydrogens (tertiary/aromatic N) is 4. The number of halogens is 1. The molecule has 0 aliphatic carbocycles. The third kappa shape index (κ3) is 3.52. The lowest BCUT2D eigenvalue weighted by molar-refractivity contribution is 0.772. The lowest BCUT2D eigenvalue weighted by Crippen LogP contribution is -2.16. The number of rotatable bonds is 4. The van der Waals surface area contributed by atoms with E-state index < -0.39 is 0 Å². The molecule has 6 nitrogen and oxygen atoms in total. The van der Waals surface area contributed by atoms with Crippen LogP contribution in [0.4, 0.5) is 0 Å². The molecule has 9 heteroatoms. The molecule has 3 heterocycles. The highest BCUT2D eigenvalue weighted by atomic mass is 35.5. The summed E-state index contributed by atoms with van der Waals surface area (Å²) in [7, 11) is 0. The van der Waals surface area contributed by atoms with Crippen molar-refractivity contribution in [2.45, 2.75) is 11.7 Å². The number of hydrogen-bond donors (Lipinski definition) is 1. The Morgan fingerprint density at radius 3 is 2.71 bits per heavy atom. The van der Waals surface area contributed by atoms with Crippen LogP contribution in [0.2, 0.25) is 0 Å². The van der Waals surface area contributed by atoms with Crippen molar-refractivity contribution in [3.8, 4) is 10.4 Å². The molecule has 21 heavy (non-hydrogen) atoms. The highest BCUT2D eigenvalue weighted by Gasteiger charge is 2.06. The summed E-state index contributed by atoms with van der Waals surface area (Å²) in [6.45, 7) is 0.518. The molecule has 3 rings (SSSR count). The SMILES string of the molecule is CSc1ncc(-c2ccc(Cn3cn[nH]c3=O)s2)cn1.Cl. The van der Waals surface area contributed by atoms with E-state index in [-0.39, 0.29) is 18.1 Å². The highest BCUT2D eigenvalue weighted by molar-refractivity contribution is 7.98. The van der Waals surface area contributed by atoms with E-state index in [2.05, 4.69) is 20.2 Å². The van der Waals surface area contributed by atoms with Gasteiger partial charge in [0.1, 0.15) is 6.33 Å². The number of nitrogens with one attached hydrogen (secondary N) is 1. The number of thioether (sulfide) groups is 1. The predicted octanol–water partition coefficient (Wildman–Crippen LogP) is 2.28. The van der Waals surface area contributed by atoms with Crippen molar-refractivity contribution in [3.63, 3.8) is 0 Å². The molecular weight excluding hydrogens is 330 g/mol. The van der Waals surface area contributed by atoms with Crippen molar-refractivity contribution in [2.75, 3.05) is 6.26 Å². The lowest BCUT2D eigenvalue weighted by atomic mass is 10.3. The van der Waals surface area contributed by atoms with Gasteiger partial charge in [-0.3, -0.25) is 4.57 Å². The van der Waals surface area contributed by atoms with E-state index in [0.29, 0.717) is 6.54 Å². The number of aromatic amines is 1. The van der Waals surface area contributed by atoms with Gasteiger partial charge in [-0.05, 0) is 18.4 Å². The molecule has 0 saturated heterocycles. The van der Waals surface area contributed by atoms with Crippen LogP contribution in [-0.2, 0) is 6.54 Å². The largest absolute Gasteiger partial charge is 0.343 e. The molecule has 0 atom stereocenters. The molecule has 3 aromatic rings. The number of H-pyrrole nitrogens is 1. The Labute approximate surface area is 135 Å². The summed E-state index contributed by atoms with van der Waals surface area (Å²) < 4.78 is 1.53. The van der Waals surface area contributed by atoms with Gasteiger partial charge < -0.3 is 0 Å². The lowest BCUT2D eigenvalue weighted by Gasteiger charge is -1.98. The van der Waals surface area contributed by atoms with Gasteiger partial charge in [0.25, 0.3) is 0 Å². The fourth-order valence-electron chi connectivity index (χ4n) is 1.72. The van der Waals surface area contributed by atoms with Gasteiger partial charge in [-0.1, -0.05) is 11.8 Å². The molecule has 110 valence electrons. The molecule has 0 radical (unpaired) electrons. The minimum Gasteiger partial charge on any atom is -0.276 e. The molecule has 0 aliphatic heterocycles. The Morgan fingerprint density at radius 1 is 1.33 bits per heavy atom. The second-order valence-corrected chi connectivity index (χ2v) is 5.96. The van der Waals surface area contributed by atoms with Crippen molar-refractivity contribution in [1.29, 1.82) is 0 Å². The number of aromatic nitrogens is 5. The quantitative estimate of drug-likeness (QED) is 0.582. The van der Waals surface area contributed by atoms with Crippen LogP contribution in [0.25, 0.3) is 10.4 Å². The monoisotopic (exact) mass is 341 g/mol. The Hall–Kier alpha value is -1.64. The smallest absolute Gasteiger partial charge is 0.276 e. The topological polar surface area (TPSA) is 76.5 Å². The summed E-state index contributed by atoms with van der Waals surface area (Å²) in [6.07, 6.45) is 7.08. The summed E-state index contributed by atoms with van der Waals surface area (Å²) in [5.41, 5.74) is 0.784. The van der Waals surface area contributed by atoms with Crippen molar-refractivity contribution in [2.24, 2.45) is 0 Å². The zero-order chi connectivity index (χ0) is 13.9. The van der Waals surface area contributed by atoms with Crippen molar-refractivity contribution < 1.29 is 0 Å². The van der Waals surface area contributed by atoms with Crippen LogP contribution in [0, 0.1) is 0 Å². The molecule has 0 unspecified atom stereocenters.